The highest BCUT2D eigenvalue weighted by Gasteiger charge is 2.62. The van der Waals surface area contributed by atoms with E-state index in [1.165, 1.54) is 37.7 Å². The number of rotatable bonds is 2. The van der Waals surface area contributed by atoms with Crippen LogP contribution >= 0.6 is 0 Å². The maximum atomic E-state index is 12.6. The Hall–Kier alpha value is -1.81. The third-order valence-corrected chi connectivity index (χ3v) is 7.16. The summed E-state index contributed by atoms with van der Waals surface area (Å²) in [4.78, 5) is 15.3. The quantitative estimate of drug-likeness (QED) is 0.840. The Labute approximate surface area is 149 Å². The molecule has 132 valence electrons. The average Bonchev–Trinajstić information content (AvgIpc) is 3.20. The minimum Gasteiger partial charge on any atom is -0.466 e. The summed E-state index contributed by atoms with van der Waals surface area (Å²) in [6, 6.07) is 9.16. The molecular weight excluding hydrogens is 312 g/mol. The van der Waals surface area contributed by atoms with Crippen LogP contribution in [-0.2, 0) is 14.9 Å². The normalized spacial score (nSPS) is 35.7. The Balaban J connectivity index is 1.72. The number of nitrogens with zero attached hydrogens (tertiary/aromatic N) is 1. The summed E-state index contributed by atoms with van der Waals surface area (Å²) in [5.74, 6) is 1.15. The number of fused-ring (bicyclic) bond motifs is 1. The molecule has 0 unspecified atom stereocenters. The highest BCUT2D eigenvalue weighted by molar-refractivity contribution is 5.93. The zero-order valence-corrected chi connectivity index (χ0v) is 15.0. The van der Waals surface area contributed by atoms with E-state index in [0.717, 1.165) is 36.6 Å². The lowest BCUT2D eigenvalue weighted by atomic mass is 9.60. The number of anilines is 1. The van der Waals surface area contributed by atoms with Gasteiger partial charge in [-0.05, 0) is 49.3 Å². The van der Waals surface area contributed by atoms with Gasteiger partial charge >= 0.3 is 5.97 Å². The van der Waals surface area contributed by atoms with Crippen LogP contribution in [0.5, 0.6) is 0 Å². The molecule has 1 aromatic rings. The van der Waals surface area contributed by atoms with Crippen LogP contribution < -0.4 is 5.32 Å². The summed E-state index contributed by atoms with van der Waals surface area (Å²) < 4.78 is 5.18. The van der Waals surface area contributed by atoms with Crippen molar-refractivity contribution in [2.75, 3.05) is 25.5 Å². The summed E-state index contributed by atoms with van der Waals surface area (Å²) in [5.41, 5.74) is 4.55. The lowest BCUT2D eigenvalue weighted by Gasteiger charge is -2.50. The molecule has 4 atom stereocenters. The summed E-state index contributed by atoms with van der Waals surface area (Å²) in [6.45, 7) is 4.64. The van der Waals surface area contributed by atoms with Crippen molar-refractivity contribution in [3.8, 4) is 0 Å². The van der Waals surface area contributed by atoms with Crippen LogP contribution in [0.15, 0.2) is 35.5 Å². The molecule has 3 aliphatic heterocycles. The van der Waals surface area contributed by atoms with Crippen molar-refractivity contribution in [1.82, 2.24) is 4.90 Å². The zero-order chi connectivity index (χ0) is 17.2. The van der Waals surface area contributed by atoms with Gasteiger partial charge in [0.15, 0.2) is 0 Å². The molecular formula is C21H26N2O2. The Kier molecular flexibility index (Phi) is 3.30. The van der Waals surface area contributed by atoms with E-state index in [1.807, 2.05) is 0 Å². The van der Waals surface area contributed by atoms with E-state index in [1.54, 1.807) is 0 Å². The van der Waals surface area contributed by atoms with E-state index in [4.69, 9.17) is 4.74 Å². The van der Waals surface area contributed by atoms with E-state index >= 15 is 0 Å². The molecule has 1 aliphatic carbocycles. The SMILES string of the molecule is CC[C@H]1C[C@H]2CC(C(=O)OC)=C3Nc4ccccc4[C@@]34CCN(C1)[C@@H]24. The molecule has 1 N–H and O–H groups in total. The number of ether oxygens (including phenoxy) is 1. The largest absolute Gasteiger partial charge is 0.466 e. The van der Waals surface area contributed by atoms with Crippen molar-refractivity contribution in [2.24, 2.45) is 11.8 Å². The maximum absolute atomic E-state index is 12.6. The van der Waals surface area contributed by atoms with Crippen LogP contribution in [0.4, 0.5) is 5.69 Å². The Bertz CT molecular complexity index is 771. The van der Waals surface area contributed by atoms with Crippen molar-refractivity contribution < 1.29 is 9.53 Å². The molecule has 1 aromatic carbocycles. The molecule has 2 fully saturated rings. The van der Waals surface area contributed by atoms with E-state index in [2.05, 4.69) is 41.4 Å². The number of benzene rings is 1. The molecule has 3 heterocycles. The van der Waals surface area contributed by atoms with E-state index in [9.17, 15) is 4.79 Å². The van der Waals surface area contributed by atoms with Gasteiger partial charge in [0.05, 0.1) is 18.1 Å². The third kappa shape index (κ3) is 1.89. The van der Waals surface area contributed by atoms with Gasteiger partial charge in [-0.2, -0.15) is 0 Å². The van der Waals surface area contributed by atoms with Crippen molar-refractivity contribution in [3.63, 3.8) is 0 Å². The number of para-hydroxylation sites is 1. The number of methoxy groups -OCH3 is 1. The number of carbonyl (C=O) groups excluding carboxylic acids is 1. The molecule has 25 heavy (non-hydrogen) atoms. The first-order valence-electron chi connectivity index (χ1n) is 9.61. The molecule has 2 saturated heterocycles. The van der Waals surface area contributed by atoms with Crippen LogP contribution in [-0.4, -0.2) is 37.1 Å². The smallest absolute Gasteiger partial charge is 0.335 e. The van der Waals surface area contributed by atoms with Gasteiger partial charge in [0.2, 0.25) is 0 Å². The molecule has 4 nitrogen and oxygen atoms in total. The van der Waals surface area contributed by atoms with Crippen LogP contribution in [0, 0.1) is 11.8 Å². The molecule has 4 heteroatoms. The maximum Gasteiger partial charge on any atom is 0.335 e. The Morgan fingerprint density at radius 3 is 3.04 bits per heavy atom. The van der Waals surface area contributed by atoms with E-state index in [-0.39, 0.29) is 11.4 Å². The fourth-order valence-electron chi connectivity index (χ4n) is 6.22. The topological polar surface area (TPSA) is 41.6 Å². The van der Waals surface area contributed by atoms with Gasteiger partial charge in [-0.15, -0.1) is 0 Å². The summed E-state index contributed by atoms with van der Waals surface area (Å²) in [5, 5.41) is 3.63. The second-order valence-corrected chi connectivity index (χ2v) is 8.15. The minimum absolute atomic E-state index is 0.0399. The first kappa shape index (κ1) is 15.4. The van der Waals surface area contributed by atoms with Gasteiger partial charge in [0.25, 0.3) is 0 Å². The number of hydrogen-bond donors (Lipinski definition) is 1. The van der Waals surface area contributed by atoms with Crippen molar-refractivity contribution in [1.29, 1.82) is 0 Å². The molecule has 0 saturated carbocycles. The summed E-state index contributed by atoms with van der Waals surface area (Å²) >= 11 is 0. The van der Waals surface area contributed by atoms with E-state index in [0.29, 0.717) is 12.0 Å². The highest BCUT2D eigenvalue weighted by Crippen LogP contribution is 2.61. The van der Waals surface area contributed by atoms with Crippen molar-refractivity contribution >= 4 is 11.7 Å². The zero-order valence-electron chi connectivity index (χ0n) is 15.0. The first-order chi connectivity index (χ1) is 12.2. The second kappa shape index (κ2) is 5.34. The third-order valence-electron chi connectivity index (χ3n) is 7.16. The van der Waals surface area contributed by atoms with E-state index < -0.39 is 0 Å². The fourth-order valence-corrected chi connectivity index (χ4v) is 6.22. The molecule has 4 aliphatic rings. The Morgan fingerprint density at radius 2 is 2.24 bits per heavy atom. The molecule has 0 radical (unpaired) electrons. The number of nitrogens with one attached hydrogen (secondary N) is 1. The summed E-state index contributed by atoms with van der Waals surface area (Å²) in [7, 11) is 1.51. The van der Waals surface area contributed by atoms with Gasteiger partial charge in [0.1, 0.15) is 0 Å². The van der Waals surface area contributed by atoms with Crippen LogP contribution in [0.25, 0.3) is 0 Å². The lowest BCUT2D eigenvalue weighted by molar-refractivity contribution is -0.136. The molecule has 5 rings (SSSR count). The highest BCUT2D eigenvalue weighted by atomic mass is 16.5. The lowest BCUT2D eigenvalue weighted by Crippen LogP contribution is -2.55. The predicted octanol–water partition coefficient (Wildman–Crippen LogP) is 3.30. The Morgan fingerprint density at radius 1 is 1.40 bits per heavy atom. The average molecular weight is 338 g/mol. The minimum atomic E-state index is -0.148. The number of piperidine rings is 1. The predicted molar refractivity (Wildman–Crippen MR) is 97.3 cm³/mol. The fraction of sp³-hybridized carbons (Fsp3) is 0.571. The van der Waals surface area contributed by atoms with Crippen molar-refractivity contribution in [3.05, 3.63) is 41.1 Å². The molecule has 1 spiro atoms. The standard InChI is InChI=1S/C21H26N2O2/c1-3-13-10-14-11-15(20(24)25-2)18-21(8-9-23(12-13)19(14)21)16-6-4-5-7-17(16)22-18/h4-7,13-14,19,22H,3,8-12H2,1-2H3/t13-,14-,19-,21-/m0/s1. The number of carbonyl (C=O) groups is 1. The summed E-state index contributed by atoms with van der Waals surface area (Å²) in [6.07, 6.45) is 4.41. The van der Waals surface area contributed by atoms with Gasteiger partial charge < -0.3 is 10.1 Å². The molecule has 0 bridgehead atoms. The second-order valence-electron chi connectivity index (χ2n) is 8.15. The monoisotopic (exact) mass is 338 g/mol. The van der Waals surface area contributed by atoms with Gasteiger partial charge in [-0.3, -0.25) is 4.90 Å². The van der Waals surface area contributed by atoms with Gasteiger partial charge in [0, 0.05) is 24.0 Å². The van der Waals surface area contributed by atoms with Crippen LogP contribution in [0.2, 0.25) is 0 Å². The van der Waals surface area contributed by atoms with Gasteiger partial charge in [-0.1, -0.05) is 31.5 Å². The number of hydrogen-bond acceptors (Lipinski definition) is 4. The molecule has 0 amide bonds. The van der Waals surface area contributed by atoms with Gasteiger partial charge in [-0.25, -0.2) is 4.79 Å². The first-order valence-corrected chi connectivity index (χ1v) is 9.61. The number of esters is 1. The molecule has 0 aromatic heterocycles. The van der Waals surface area contributed by atoms with Crippen molar-refractivity contribution in [2.45, 2.75) is 44.1 Å². The van der Waals surface area contributed by atoms with Crippen LogP contribution in [0.3, 0.4) is 0 Å². The van der Waals surface area contributed by atoms with Crippen LogP contribution in [0.1, 0.15) is 38.2 Å².